The lowest BCUT2D eigenvalue weighted by molar-refractivity contribution is -0.380. The molecule has 0 atom stereocenters. The number of nitrogen functional groups attached to an aromatic ring is 1. The fourth-order valence-electron chi connectivity index (χ4n) is 4.72. The van der Waals surface area contributed by atoms with Crippen LogP contribution >= 0.6 is 11.3 Å². The molecular weight excluding hydrogens is 544 g/mol. The Morgan fingerprint density at radius 2 is 2.02 bits per heavy atom. The third kappa shape index (κ3) is 4.70. The molecule has 14 nitrogen and oxygen atoms in total. The summed E-state index contributed by atoms with van der Waals surface area (Å²) in [6, 6.07) is 5.62. The minimum absolute atomic E-state index is 0.0283. The van der Waals surface area contributed by atoms with Crippen LogP contribution in [-0.4, -0.2) is 39.9 Å². The molecule has 0 saturated carbocycles. The molecule has 2 aromatic heterocycles. The van der Waals surface area contributed by atoms with Crippen molar-refractivity contribution in [2.45, 2.75) is 32.9 Å². The molecule has 0 bridgehead atoms. The Labute approximate surface area is 228 Å². The highest BCUT2D eigenvalue weighted by Crippen LogP contribution is 2.35. The second-order valence-electron chi connectivity index (χ2n) is 9.10. The number of nitrogens with zero attached hydrogens (tertiary/aromatic N) is 3. The predicted octanol–water partition coefficient (Wildman–Crippen LogP) is 0.669. The SMILES string of the molecule is CCOC(=O)Cc1c([N+](=O)[O-])sc2nc(C(=O)NCc3ccc4c(c3)CN(c3c(N)c(=O)c3=O)CC4)[nH]c(=O)c12. The van der Waals surface area contributed by atoms with Gasteiger partial charge < -0.3 is 25.7 Å². The van der Waals surface area contributed by atoms with E-state index in [-0.39, 0.29) is 46.1 Å². The van der Waals surface area contributed by atoms with Crippen molar-refractivity contribution >= 4 is 49.8 Å². The van der Waals surface area contributed by atoms with E-state index in [9.17, 15) is 34.1 Å². The van der Waals surface area contributed by atoms with E-state index in [0.29, 0.717) is 30.8 Å². The summed E-state index contributed by atoms with van der Waals surface area (Å²) in [6.07, 6.45) is 0.168. The number of hydrogen-bond acceptors (Lipinski definition) is 12. The number of esters is 1. The van der Waals surface area contributed by atoms with Crippen molar-refractivity contribution in [1.29, 1.82) is 0 Å². The normalized spacial score (nSPS) is 12.9. The van der Waals surface area contributed by atoms with E-state index in [4.69, 9.17) is 10.5 Å². The average molecular weight is 567 g/mol. The Bertz CT molecular complexity index is 1830. The van der Waals surface area contributed by atoms with Crippen molar-refractivity contribution in [2.75, 3.05) is 23.8 Å². The van der Waals surface area contributed by atoms with Gasteiger partial charge in [-0.3, -0.25) is 34.1 Å². The molecule has 3 heterocycles. The number of hydrogen-bond donors (Lipinski definition) is 3. The lowest BCUT2D eigenvalue weighted by Gasteiger charge is -2.32. The molecule has 4 N–H and O–H groups in total. The van der Waals surface area contributed by atoms with Gasteiger partial charge in [-0.25, -0.2) is 4.98 Å². The van der Waals surface area contributed by atoms with Crippen molar-refractivity contribution in [3.63, 3.8) is 0 Å². The zero-order valence-corrected chi connectivity index (χ0v) is 21.9. The third-order valence-electron chi connectivity index (χ3n) is 6.62. The Balaban J connectivity index is 1.34. The number of nitrogens with two attached hydrogens (primary N) is 1. The molecule has 0 saturated heterocycles. The van der Waals surface area contributed by atoms with Gasteiger partial charge in [-0.05, 0) is 41.4 Å². The Kier molecular flexibility index (Phi) is 6.89. The highest BCUT2D eigenvalue weighted by atomic mass is 32.1. The molecule has 0 spiro atoms. The van der Waals surface area contributed by atoms with E-state index < -0.39 is 44.6 Å². The van der Waals surface area contributed by atoms with Crippen LogP contribution in [0.5, 0.6) is 0 Å². The first-order valence-corrected chi connectivity index (χ1v) is 13.0. The predicted molar refractivity (Wildman–Crippen MR) is 145 cm³/mol. The molecule has 1 amide bonds. The van der Waals surface area contributed by atoms with Gasteiger partial charge in [0.15, 0.2) is 0 Å². The first-order chi connectivity index (χ1) is 19.1. The molecule has 0 fully saturated rings. The monoisotopic (exact) mass is 566 g/mol. The number of anilines is 2. The molecule has 1 aliphatic rings. The summed E-state index contributed by atoms with van der Waals surface area (Å²) in [5.41, 5.74) is 6.47. The van der Waals surface area contributed by atoms with Gasteiger partial charge in [-0.15, -0.1) is 0 Å². The minimum Gasteiger partial charge on any atom is -0.466 e. The third-order valence-corrected chi connectivity index (χ3v) is 7.70. The van der Waals surface area contributed by atoms with Gasteiger partial charge in [-0.1, -0.05) is 18.2 Å². The van der Waals surface area contributed by atoms with E-state index in [1.807, 2.05) is 18.2 Å². The van der Waals surface area contributed by atoms with Crippen LogP contribution < -0.4 is 32.4 Å². The van der Waals surface area contributed by atoms with E-state index in [0.717, 1.165) is 16.7 Å². The Hall–Kier alpha value is -4.92. The number of benzene rings is 1. The van der Waals surface area contributed by atoms with Crippen LogP contribution in [0.4, 0.5) is 16.4 Å². The topological polar surface area (TPSA) is 208 Å². The zero-order chi connectivity index (χ0) is 28.7. The quantitative estimate of drug-likeness (QED) is 0.117. The number of thiophene rings is 1. The molecule has 4 aromatic rings. The summed E-state index contributed by atoms with van der Waals surface area (Å²) >= 11 is 0.597. The fourth-order valence-corrected chi connectivity index (χ4v) is 5.73. The van der Waals surface area contributed by atoms with Crippen LogP contribution in [0.15, 0.2) is 32.6 Å². The molecule has 15 heteroatoms. The number of ether oxygens (including phenoxy) is 1. The lowest BCUT2D eigenvalue weighted by atomic mass is 9.96. The second kappa shape index (κ2) is 10.3. The van der Waals surface area contributed by atoms with Crippen molar-refractivity contribution in [2.24, 2.45) is 0 Å². The number of carbonyl (C=O) groups is 2. The number of nitrogens with one attached hydrogen (secondary N) is 2. The summed E-state index contributed by atoms with van der Waals surface area (Å²) in [5.74, 6) is -1.78. The van der Waals surface area contributed by atoms with Crippen LogP contribution in [0, 0.1) is 10.1 Å². The molecule has 1 aliphatic heterocycles. The van der Waals surface area contributed by atoms with Crippen molar-refractivity contribution < 1.29 is 19.2 Å². The number of aromatic amines is 1. The Morgan fingerprint density at radius 1 is 1.25 bits per heavy atom. The Morgan fingerprint density at radius 3 is 2.73 bits per heavy atom. The lowest BCUT2D eigenvalue weighted by Crippen LogP contribution is -2.44. The van der Waals surface area contributed by atoms with Gasteiger partial charge in [0.1, 0.15) is 16.2 Å². The van der Waals surface area contributed by atoms with Crippen molar-refractivity contribution in [3.8, 4) is 0 Å². The molecule has 5 rings (SSSR count). The van der Waals surface area contributed by atoms with Crippen LogP contribution in [0.25, 0.3) is 10.2 Å². The maximum absolute atomic E-state index is 12.8. The first kappa shape index (κ1) is 26.7. The highest BCUT2D eigenvalue weighted by Gasteiger charge is 2.29. The van der Waals surface area contributed by atoms with Gasteiger partial charge in [-0.2, -0.15) is 0 Å². The summed E-state index contributed by atoms with van der Waals surface area (Å²) in [5, 5.41) is 13.7. The zero-order valence-electron chi connectivity index (χ0n) is 21.1. The number of H-pyrrole nitrogens is 1. The molecule has 2 aromatic carbocycles. The highest BCUT2D eigenvalue weighted by molar-refractivity contribution is 7.22. The summed E-state index contributed by atoms with van der Waals surface area (Å²) < 4.78 is 4.86. The molecule has 0 radical (unpaired) electrons. The fraction of sp³-hybridized carbons (Fsp3) is 0.280. The summed E-state index contributed by atoms with van der Waals surface area (Å²) in [6.45, 7) is 2.66. The van der Waals surface area contributed by atoms with E-state index in [1.54, 1.807) is 11.8 Å². The number of amides is 1. The average Bonchev–Trinajstić information content (AvgIpc) is 3.30. The largest absolute Gasteiger partial charge is 0.466 e. The maximum atomic E-state index is 12.8. The van der Waals surface area contributed by atoms with Gasteiger partial charge in [0.25, 0.3) is 22.3 Å². The molecule has 0 aliphatic carbocycles. The second-order valence-corrected chi connectivity index (χ2v) is 10.1. The van der Waals surface area contributed by atoms with Gasteiger partial charge in [0.05, 0.1) is 28.9 Å². The smallest absolute Gasteiger partial charge is 0.330 e. The molecule has 206 valence electrons. The number of nitro groups is 1. The number of carbonyl (C=O) groups excluding carboxylic acids is 2. The van der Waals surface area contributed by atoms with E-state index >= 15 is 0 Å². The molecule has 40 heavy (non-hydrogen) atoms. The number of aromatic nitrogens is 2. The standard InChI is InChI=1S/C25H22N6O8S/c1-2-39-15(32)8-14-16-22(35)28-21(29-24(16)40-25(14)31(37)38)23(36)27-9-11-3-4-12-5-6-30(10-13(12)7-11)18-17(26)19(33)20(18)34/h3-4,7H,2,5-6,8-10,26H2,1H3,(H,27,36)(H,28,29,35). The molecular formula is C25H22N6O8S. The number of rotatable bonds is 8. The van der Waals surface area contributed by atoms with E-state index in [2.05, 4.69) is 15.3 Å². The van der Waals surface area contributed by atoms with E-state index in [1.165, 1.54) is 0 Å². The minimum atomic E-state index is -0.787. The van der Waals surface area contributed by atoms with Gasteiger partial charge >= 0.3 is 11.0 Å². The van der Waals surface area contributed by atoms with Gasteiger partial charge in [0, 0.05) is 19.6 Å². The maximum Gasteiger partial charge on any atom is 0.330 e. The van der Waals surface area contributed by atoms with Crippen LogP contribution in [0.2, 0.25) is 0 Å². The van der Waals surface area contributed by atoms with Gasteiger partial charge in [0.2, 0.25) is 5.82 Å². The summed E-state index contributed by atoms with van der Waals surface area (Å²) in [7, 11) is 0. The van der Waals surface area contributed by atoms with Crippen LogP contribution in [-0.2, 0) is 35.5 Å². The van der Waals surface area contributed by atoms with Crippen LogP contribution in [0.1, 0.15) is 39.8 Å². The summed E-state index contributed by atoms with van der Waals surface area (Å²) in [4.78, 5) is 80.1. The van der Waals surface area contributed by atoms with Crippen molar-refractivity contribution in [1.82, 2.24) is 15.3 Å². The first-order valence-electron chi connectivity index (χ1n) is 12.2. The van der Waals surface area contributed by atoms with Crippen LogP contribution in [0.3, 0.4) is 0 Å². The molecule has 0 unspecified atom stereocenters. The van der Waals surface area contributed by atoms with Crippen molar-refractivity contribution in [3.05, 3.63) is 87.2 Å². The number of fused-ring (bicyclic) bond motifs is 2.